The fraction of sp³-hybridized carbons (Fsp3) is 0.216. The van der Waals surface area contributed by atoms with Crippen molar-refractivity contribution in [3.8, 4) is 11.1 Å². The molecule has 7 aromatic rings. The predicted molar refractivity (Wildman–Crippen MR) is 245 cm³/mol. The summed E-state index contributed by atoms with van der Waals surface area (Å²) in [6.45, 7) is 24.6. The van der Waals surface area contributed by atoms with E-state index >= 15 is 0 Å². The van der Waals surface area contributed by atoms with Gasteiger partial charge < -0.3 is 9.80 Å². The van der Waals surface area contributed by atoms with Gasteiger partial charge in [-0.1, -0.05) is 118 Å². The Balaban J connectivity index is 1.37. The minimum absolute atomic E-state index is 0.0128. The second-order valence-corrected chi connectivity index (χ2v) is 28.8. The van der Waals surface area contributed by atoms with E-state index in [4.69, 9.17) is 0 Å². The minimum Gasteiger partial charge on any atom is -0.310 e. The van der Waals surface area contributed by atoms with E-state index in [1.807, 2.05) is 0 Å². The van der Waals surface area contributed by atoms with E-state index in [1.165, 1.54) is 83.8 Å². The zero-order chi connectivity index (χ0) is 38.9. The summed E-state index contributed by atoms with van der Waals surface area (Å²) in [6, 6.07) is 55.0. The third-order valence-electron chi connectivity index (χ3n) is 12.1. The van der Waals surface area contributed by atoms with Crippen molar-refractivity contribution in [1.82, 2.24) is 0 Å². The molecular formula is C51H54N2Si2. The van der Waals surface area contributed by atoms with Gasteiger partial charge in [0, 0.05) is 38.8 Å². The average molecular weight is 751 g/mol. The molecule has 2 nitrogen and oxygen atoms in total. The number of benzene rings is 7. The van der Waals surface area contributed by atoms with Crippen molar-refractivity contribution < 1.29 is 0 Å². The second kappa shape index (κ2) is 13.5. The lowest BCUT2D eigenvalue weighted by molar-refractivity contribution is 0.953. The summed E-state index contributed by atoms with van der Waals surface area (Å²) in [6.07, 6.45) is 0. The van der Waals surface area contributed by atoms with Crippen LogP contribution in [0.5, 0.6) is 0 Å². The van der Waals surface area contributed by atoms with E-state index in [-0.39, 0.29) is 4.66 Å². The van der Waals surface area contributed by atoms with Crippen molar-refractivity contribution in [2.24, 2.45) is 0 Å². The largest absolute Gasteiger partial charge is 0.310 e. The third-order valence-corrected chi connectivity index (χ3v) is 22.1. The van der Waals surface area contributed by atoms with Crippen molar-refractivity contribution in [2.75, 3.05) is 9.80 Å². The van der Waals surface area contributed by atoms with Gasteiger partial charge >= 0.3 is 0 Å². The van der Waals surface area contributed by atoms with Crippen LogP contribution in [0.2, 0.25) is 39.3 Å². The van der Waals surface area contributed by atoms with Gasteiger partial charge in [0.15, 0.2) is 0 Å². The van der Waals surface area contributed by atoms with Gasteiger partial charge in [0.25, 0.3) is 0 Å². The minimum atomic E-state index is -1.96. The predicted octanol–water partition coefficient (Wildman–Crippen LogP) is 15.0. The molecule has 0 fully saturated rings. The lowest BCUT2D eigenvalue weighted by atomic mass is 9.99. The Morgan fingerprint density at radius 2 is 0.855 bits per heavy atom. The standard InChI is InChI=1S/C51H54N2Si2/c1-35-21-23-37(3)49(29-35)52(41-17-13-11-14-18-41)43-26-25-39-32-46-45-28-27-44(53(42-19-15-12-16-20-42)50-30-36(2)22-24-38(50)4)34-48(45)51(54(5,6)7,55(8,9)10)47(46)33-40(39)31-43/h11-34H,1-10H3. The molecule has 0 heterocycles. The van der Waals surface area contributed by atoms with Gasteiger partial charge in [0.2, 0.25) is 0 Å². The number of aryl methyl sites for hydroxylation is 4. The van der Waals surface area contributed by atoms with Crippen LogP contribution >= 0.6 is 0 Å². The van der Waals surface area contributed by atoms with Gasteiger partial charge in [0.1, 0.15) is 0 Å². The Hall–Kier alpha value is -5.17. The summed E-state index contributed by atoms with van der Waals surface area (Å²) < 4.78 is -0.0128. The molecule has 0 unspecified atom stereocenters. The lowest BCUT2D eigenvalue weighted by Gasteiger charge is -2.51. The lowest BCUT2D eigenvalue weighted by Crippen LogP contribution is -2.63. The van der Waals surface area contributed by atoms with Crippen LogP contribution in [0.3, 0.4) is 0 Å². The van der Waals surface area contributed by atoms with E-state index in [2.05, 4.69) is 222 Å². The van der Waals surface area contributed by atoms with Gasteiger partial charge in [-0.3, -0.25) is 0 Å². The van der Waals surface area contributed by atoms with Crippen LogP contribution < -0.4 is 9.80 Å². The first-order valence-electron chi connectivity index (χ1n) is 19.8. The molecule has 0 spiro atoms. The monoisotopic (exact) mass is 750 g/mol. The molecule has 1 aliphatic rings. The van der Waals surface area contributed by atoms with E-state index in [9.17, 15) is 0 Å². The Bertz CT molecular complexity index is 2550. The molecule has 276 valence electrons. The fourth-order valence-electron chi connectivity index (χ4n) is 9.99. The number of para-hydroxylation sites is 2. The van der Waals surface area contributed by atoms with Crippen LogP contribution in [-0.4, -0.2) is 16.1 Å². The van der Waals surface area contributed by atoms with Crippen LogP contribution in [0.4, 0.5) is 34.1 Å². The van der Waals surface area contributed by atoms with E-state index in [0.717, 1.165) is 0 Å². The van der Waals surface area contributed by atoms with Gasteiger partial charge in [-0.25, -0.2) is 0 Å². The number of hydrogen-bond donors (Lipinski definition) is 0. The molecule has 0 atom stereocenters. The zero-order valence-corrected chi connectivity index (χ0v) is 36.3. The molecule has 55 heavy (non-hydrogen) atoms. The Morgan fingerprint density at radius 1 is 0.382 bits per heavy atom. The molecule has 0 saturated heterocycles. The molecule has 0 aliphatic heterocycles. The van der Waals surface area contributed by atoms with Crippen LogP contribution in [0.1, 0.15) is 33.4 Å². The molecule has 4 heteroatoms. The molecule has 0 radical (unpaired) electrons. The van der Waals surface area contributed by atoms with Crippen molar-refractivity contribution in [2.45, 2.75) is 71.6 Å². The quantitative estimate of drug-likeness (QED) is 0.143. The molecule has 0 amide bonds. The first-order valence-corrected chi connectivity index (χ1v) is 26.8. The topological polar surface area (TPSA) is 6.48 Å². The first kappa shape index (κ1) is 36.8. The van der Waals surface area contributed by atoms with Crippen LogP contribution in [-0.2, 0) is 4.66 Å². The van der Waals surface area contributed by atoms with Gasteiger partial charge in [-0.15, -0.1) is 0 Å². The Morgan fingerprint density at radius 3 is 1.36 bits per heavy atom. The smallest absolute Gasteiger partial charge is 0.0579 e. The fourth-order valence-corrected chi connectivity index (χ4v) is 23.0. The maximum atomic E-state index is 2.62. The highest BCUT2D eigenvalue weighted by Crippen LogP contribution is 2.59. The number of rotatable bonds is 8. The summed E-state index contributed by atoms with van der Waals surface area (Å²) in [5.74, 6) is 0. The highest BCUT2D eigenvalue weighted by Gasteiger charge is 2.59. The summed E-state index contributed by atoms with van der Waals surface area (Å²) in [5, 5.41) is 2.59. The van der Waals surface area contributed by atoms with Gasteiger partial charge in [-0.2, -0.15) is 0 Å². The van der Waals surface area contributed by atoms with Gasteiger partial charge in [0.05, 0.1) is 16.1 Å². The molecule has 0 saturated carbocycles. The molecule has 0 N–H and O–H groups in total. The summed E-state index contributed by atoms with van der Waals surface area (Å²) in [4.78, 5) is 4.92. The second-order valence-electron chi connectivity index (χ2n) is 17.8. The summed E-state index contributed by atoms with van der Waals surface area (Å²) >= 11 is 0. The average Bonchev–Trinajstić information content (AvgIpc) is 3.45. The molecule has 8 rings (SSSR count). The SMILES string of the molecule is Cc1ccc(C)c(N(c2ccccc2)c2ccc3c(c2)C([Si](C)(C)C)([Si](C)(C)C)c2cc4cc(N(c5ccccc5)c5cc(C)ccc5C)ccc4cc2-3)c1. The van der Waals surface area contributed by atoms with Crippen LogP contribution in [0, 0.1) is 27.7 Å². The number of fused-ring (bicyclic) bond motifs is 4. The maximum absolute atomic E-state index is 2.62. The molecular weight excluding hydrogens is 697 g/mol. The highest BCUT2D eigenvalue weighted by molar-refractivity contribution is 6.99. The van der Waals surface area contributed by atoms with Crippen molar-refractivity contribution in [3.63, 3.8) is 0 Å². The number of hydrogen-bond acceptors (Lipinski definition) is 2. The normalized spacial score (nSPS) is 13.4. The molecule has 7 aromatic carbocycles. The number of anilines is 6. The summed E-state index contributed by atoms with van der Waals surface area (Å²) in [7, 11) is -3.91. The van der Waals surface area contributed by atoms with E-state index in [0.29, 0.717) is 0 Å². The summed E-state index contributed by atoms with van der Waals surface area (Å²) in [5.41, 5.74) is 18.2. The molecule has 0 bridgehead atoms. The zero-order valence-electron chi connectivity index (χ0n) is 34.3. The Kier molecular flexibility index (Phi) is 9.06. The maximum Gasteiger partial charge on any atom is 0.0579 e. The van der Waals surface area contributed by atoms with Gasteiger partial charge in [-0.05, 0) is 150 Å². The first-order chi connectivity index (χ1) is 26.2. The van der Waals surface area contributed by atoms with E-state index < -0.39 is 16.1 Å². The number of nitrogens with zero attached hydrogens (tertiary/aromatic N) is 2. The molecule has 0 aromatic heterocycles. The molecule has 1 aliphatic carbocycles. The van der Waals surface area contributed by atoms with Crippen LogP contribution in [0.25, 0.3) is 21.9 Å². The Labute approximate surface area is 331 Å². The van der Waals surface area contributed by atoms with Crippen molar-refractivity contribution >= 4 is 61.0 Å². The third kappa shape index (κ3) is 6.07. The van der Waals surface area contributed by atoms with Crippen molar-refractivity contribution in [1.29, 1.82) is 0 Å². The van der Waals surface area contributed by atoms with Crippen molar-refractivity contribution in [3.05, 3.63) is 179 Å². The van der Waals surface area contributed by atoms with E-state index in [1.54, 1.807) is 5.56 Å². The highest BCUT2D eigenvalue weighted by atomic mass is 28.4. The van der Waals surface area contributed by atoms with Crippen LogP contribution in [0.15, 0.2) is 146 Å².